The Hall–Kier alpha value is -0.810. The molecule has 2 heterocycles. The number of fused-ring (bicyclic) bond motifs is 4. The van der Waals surface area contributed by atoms with Gasteiger partial charge in [0.25, 0.3) is 0 Å². The first-order valence-electron chi connectivity index (χ1n) is 19.3. The monoisotopic (exact) mass is 687 g/mol. The zero-order valence-electron chi connectivity index (χ0n) is 31.9. The summed E-state index contributed by atoms with van der Waals surface area (Å²) in [5, 5.41) is 34.0. The Balaban J connectivity index is 1.11. The van der Waals surface area contributed by atoms with E-state index >= 15 is 0 Å². The number of hydrogen-bond donors (Lipinski definition) is 3. The Labute approximate surface area is 295 Å². The molecule has 9 nitrogen and oxygen atoms in total. The molecule has 5 saturated carbocycles. The third-order valence-corrected chi connectivity index (χ3v) is 15.6. The van der Waals surface area contributed by atoms with Gasteiger partial charge in [0.2, 0.25) is 0 Å². The molecule has 12 atom stereocenters. The van der Waals surface area contributed by atoms with E-state index in [0.29, 0.717) is 44.1 Å². The number of carbonyl (C=O) groups excluding carboxylic acids is 1. The van der Waals surface area contributed by atoms with E-state index in [2.05, 4.69) is 39.5 Å². The van der Waals surface area contributed by atoms with Gasteiger partial charge in [0, 0.05) is 37.9 Å². The number of esters is 1. The van der Waals surface area contributed by atoms with Crippen molar-refractivity contribution in [3.63, 3.8) is 0 Å². The number of hydrogen-bond acceptors (Lipinski definition) is 9. The van der Waals surface area contributed by atoms with Crippen LogP contribution < -0.4 is 0 Å². The summed E-state index contributed by atoms with van der Waals surface area (Å²) in [7, 11) is 0. The van der Waals surface area contributed by atoms with Gasteiger partial charge in [-0.2, -0.15) is 0 Å². The fourth-order valence-corrected chi connectivity index (χ4v) is 13.7. The summed E-state index contributed by atoms with van der Waals surface area (Å²) in [4.78, 5) is 14.3. The normalized spacial score (nSPS) is 47.7. The number of carbonyl (C=O) groups is 1. The lowest BCUT2D eigenvalue weighted by atomic mass is 9.41. The SMILES string of the molecule is CC(=O)O[C@@H]([C]1C[C@@H](C)C2[C](O1)[C@H](O)[C@@]1(C)[C@@H]3CC[C@H]4C(C)(C)C(O[C@H]5CN(CC(C)(C)O)CCO5)CC[C@@]45CC35CC[C@]21C)C(C)(C)O. The van der Waals surface area contributed by atoms with Crippen molar-refractivity contribution in [3.8, 4) is 0 Å². The highest BCUT2D eigenvalue weighted by Crippen LogP contribution is 2.89. The summed E-state index contributed by atoms with van der Waals surface area (Å²) in [5.74, 6) is 0.785. The molecule has 7 aliphatic rings. The molecule has 2 radical (unpaired) electrons. The van der Waals surface area contributed by atoms with Crippen molar-refractivity contribution >= 4 is 5.97 Å². The first kappa shape index (κ1) is 36.5. The van der Waals surface area contributed by atoms with Gasteiger partial charge in [-0.1, -0.05) is 34.6 Å². The molecule has 0 bridgehead atoms. The average Bonchev–Trinajstić information content (AvgIpc) is 3.61. The van der Waals surface area contributed by atoms with Crippen molar-refractivity contribution in [2.45, 2.75) is 156 Å². The molecular formula is C40H65NO8. The summed E-state index contributed by atoms with van der Waals surface area (Å²) < 4.78 is 25.3. The van der Waals surface area contributed by atoms with Crippen LogP contribution in [-0.4, -0.2) is 88.2 Å². The zero-order chi connectivity index (χ0) is 35.7. The summed E-state index contributed by atoms with van der Waals surface area (Å²) in [6, 6.07) is 0. The van der Waals surface area contributed by atoms with Gasteiger partial charge in [-0.3, -0.25) is 9.69 Å². The average molecular weight is 688 g/mol. The maximum Gasteiger partial charge on any atom is 0.303 e. The van der Waals surface area contributed by atoms with Crippen molar-refractivity contribution in [1.29, 1.82) is 0 Å². The molecule has 0 aromatic carbocycles. The first-order valence-corrected chi connectivity index (χ1v) is 19.3. The predicted molar refractivity (Wildman–Crippen MR) is 184 cm³/mol. The van der Waals surface area contributed by atoms with E-state index in [1.807, 2.05) is 13.8 Å². The van der Waals surface area contributed by atoms with E-state index in [1.54, 1.807) is 13.8 Å². The van der Waals surface area contributed by atoms with E-state index in [4.69, 9.17) is 18.9 Å². The highest BCUT2D eigenvalue weighted by atomic mass is 16.7. The number of aliphatic hydroxyl groups is 3. The standard InChI is InChI=1S/C40H65NO8/c1-23-19-25(33(36(7,8)45)47-24(2)42)48-31-30(23)37(9)15-16-40-21-39(40)14-13-28(49-29-20-41(17-18-46-29)22-34(3,4)44)35(5,6)26(39)11-12-27(40)38(37,10)32(31)43/h23,26-30,32-33,43-45H,11-22H2,1-10H3/t23-,26+,27+,28?,29+,30?,32+,33+,37-,38-,39-,40?/m1/s1. The molecule has 278 valence electrons. The first-order chi connectivity index (χ1) is 22.6. The Morgan fingerprint density at radius 3 is 2.35 bits per heavy atom. The lowest BCUT2D eigenvalue weighted by Gasteiger charge is -2.63. The fraction of sp³-hybridized carbons (Fsp3) is 0.925. The van der Waals surface area contributed by atoms with Crippen molar-refractivity contribution in [2.75, 3.05) is 26.2 Å². The molecule has 49 heavy (non-hydrogen) atoms. The molecule has 3 N–H and O–H groups in total. The predicted octanol–water partition coefficient (Wildman–Crippen LogP) is 5.64. The zero-order valence-corrected chi connectivity index (χ0v) is 31.9. The lowest BCUT2D eigenvalue weighted by molar-refractivity contribution is -0.250. The molecule has 7 fully saturated rings. The van der Waals surface area contributed by atoms with Crippen molar-refractivity contribution in [2.24, 2.45) is 50.7 Å². The van der Waals surface area contributed by atoms with Crippen LogP contribution in [0.1, 0.15) is 121 Å². The third kappa shape index (κ3) is 5.35. The highest BCUT2D eigenvalue weighted by Gasteiger charge is 2.85. The van der Waals surface area contributed by atoms with E-state index in [1.165, 1.54) is 19.8 Å². The largest absolute Gasteiger partial charge is 0.456 e. The van der Waals surface area contributed by atoms with E-state index in [0.717, 1.165) is 44.8 Å². The summed E-state index contributed by atoms with van der Waals surface area (Å²) in [5.41, 5.74) is -2.03. The van der Waals surface area contributed by atoms with E-state index in [9.17, 15) is 20.1 Å². The Kier molecular flexibility index (Phi) is 8.65. The van der Waals surface area contributed by atoms with E-state index in [-0.39, 0.29) is 51.3 Å². The lowest BCUT2D eigenvalue weighted by Crippen LogP contribution is -2.60. The number of nitrogens with zero attached hydrogens (tertiary/aromatic N) is 1. The van der Waals surface area contributed by atoms with Crippen LogP contribution in [-0.2, 0) is 23.7 Å². The molecule has 2 spiro atoms. The summed E-state index contributed by atoms with van der Waals surface area (Å²) in [6.07, 6.45) is 8.01. The quantitative estimate of drug-likeness (QED) is 0.292. The van der Waals surface area contributed by atoms with Crippen LogP contribution in [0, 0.1) is 63.0 Å². The molecule has 7 rings (SSSR count). The molecule has 0 aromatic rings. The molecule has 2 aliphatic heterocycles. The smallest absolute Gasteiger partial charge is 0.303 e. The van der Waals surface area contributed by atoms with Crippen molar-refractivity contribution in [3.05, 3.63) is 12.2 Å². The minimum absolute atomic E-state index is 0.00238. The second-order valence-electron chi connectivity index (χ2n) is 19.9. The van der Waals surface area contributed by atoms with Gasteiger partial charge < -0.3 is 34.3 Å². The molecule has 0 amide bonds. The van der Waals surface area contributed by atoms with Crippen LogP contribution in [0.2, 0.25) is 0 Å². The van der Waals surface area contributed by atoms with Gasteiger partial charge in [-0.15, -0.1) is 0 Å². The molecule has 2 saturated heterocycles. The van der Waals surface area contributed by atoms with Gasteiger partial charge in [0.1, 0.15) is 12.2 Å². The van der Waals surface area contributed by atoms with Crippen LogP contribution >= 0.6 is 0 Å². The molecule has 3 unspecified atom stereocenters. The fourth-order valence-electron chi connectivity index (χ4n) is 13.7. The molecule has 0 aromatic heterocycles. The minimum Gasteiger partial charge on any atom is -0.456 e. The summed E-state index contributed by atoms with van der Waals surface area (Å²) >= 11 is 0. The third-order valence-electron chi connectivity index (χ3n) is 15.6. The van der Waals surface area contributed by atoms with Gasteiger partial charge >= 0.3 is 5.97 Å². The second-order valence-corrected chi connectivity index (χ2v) is 19.9. The topological polar surface area (TPSA) is 118 Å². The van der Waals surface area contributed by atoms with Crippen molar-refractivity contribution < 1.29 is 39.1 Å². The van der Waals surface area contributed by atoms with Crippen molar-refractivity contribution in [1.82, 2.24) is 4.90 Å². The number of rotatable bonds is 7. The van der Waals surface area contributed by atoms with E-state index < -0.39 is 29.4 Å². The van der Waals surface area contributed by atoms with Gasteiger partial charge in [-0.25, -0.2) is 0 Å². The second kappa shape index (κ2) is 11.6. The number of aliphatic hydroxyl groups excluding tert-OH is 1. The maximum atomic E-state index is 12.5. The highest BCUT2D eigenvalue weighted by molar-refractivity contribution is 5.66. The van der Waals surface area contributed by atoms with Gasteiger partial charge in [-0.05, 0) is 118 Å². The van der Waals surface area contributed by atoms with Crippen LogP contribution in [0.3, 0.4) is 0 Å². The Bertz CT molecular complexity index is 1290. The van der Waals surface area contributed by atoms with Gasteiger partial charge in [0.15, 0.2) is 12.4 Å². The minimum atomic E-state index is -1.31. The number of ether oxygens (including phenoxy) is 4. The molecular weight excluding hydrogens is 622 g/mol. The van der Waals surface area contributed by atoms with Crippen LogP contribution in [0.25, 0.3) is 0 Å². The number of β-amino-alcohol motifs (C(OH)–C–C–N with tert-alkyl or cyclic N) is 1. The van der Waals surface area contributed by atoms with Crippen LogP contribution in [0.4, 0.5) is 0 Å². The number of morpholine rings is 1. The van der Waals surface area contributed by atoms with Crippen LogP contribution in [0.15, 0.2) is 0 Å². The maximum absolute atomic E-state index is 12.5. The molecule has 5 aliphatic carbocycles. The van der Waals surface area contributed by atoms with Gasteiger partial charge in [0.05, 0.1) is 30.0 Å². The summed E-state index contributed by atoms with van der Waals surface area (Å²) in [6.45, 7) is 23.0. The Morgan fingerprint density at radius 1 is 1.02 bits per heavy atom. The van der Waals surface area contributed by atoms with Crippen LogP contribution in [0.5, 0.6) is 0 Å². The molecule has 9 heteroatoms. The Morgan fingerprint density at radius 2 is 1.69 bits per heavy atom.